The molecular weight excluding hydrogens is 538 g/mol. The van der Waals surface area contributed by atoms with Crippen LogP contribution in [0.1, 0.15) is 65.2 Å². The molecule has 1 aliphatic rings. The normalized spacial score (nSPS) is 14.5. The van der Waals surface area contributed by atoms with E-state index < -0.39 is 0 Å². The molecule has 1 aromatic heterocycles. The van der Waals surface area contributed by atoms with Gasteiger partial charge in [0.15, 0.2) is 16.8 Å². The molecule has 1 saturated carbocycles. The average molecular weight is 578 g/mol. The number of aromatic nitrogens is 3. The number of benzene rings is 4. The molecule has 0 radical (unpaired) electrons. The van der Waals surface area contributed by atoms with Crippen LogP contribution in [0.25, 0.3) is 44.3 Å². The van der Waals surface area contributed by atoms with Crippen molar-refractivity contribution in [1.82, 2.24) is 15.0 Å². The van der Waals surface area contributed by atoms with Crippen LogP contribution in [0.5, 0.6) is 11.5 Å². The second-order valence-corrected chi connectivity index (χ2v) is 12.7. The number of fused-ring (bicyclic) bond motifs is 3. The molecule has 216 valence electrons. The lowest BCUT2D eigenvalue weighted by atomic mass is 9.97. The van der Waals surface area contributed by atoms with Crippen molar-refractivity contribution in [3.63, 3.8) is 0 Å². The van der Waals surface area contributed by atoms with Crippen molar-refractivity contribution in [2.45, 2.75) is 75.6 Å². The minimum absolute atomic E-state index is 0.117. The molecule has 1 aliphatic carbocycles. The Morgan fingerprint density at radius 1 is 0.833 bits per heavy atom. The number of unbranched alkanes of at least 4 members (excludes halogenated alkanes) is 1. The van der Waals surface area contributed by atoms with E-state index >= 15 is 0 Å². The first-order valence-electron chi connectivity index (χ1n) is 15.4. The van der Waals surface area contributed by atoms with Crippen molar-refractivity contribution in [2.24, 2.45) is 5.92 Å². The summed E-state index contributed by atoms with van der Waals surface area (Å²) in [7, 11) is 0. The monoisotopic (exact) mass is 577 g/mol. The summed E-state index contributed by atoms with van der Waals surface area (Å²) >= 11 is 1.74. The maximum absolute atomic E-state index is 11.2. The molecule has 0 bridgehead atoms. The van der Waals surface area contributed by atoms with Crippen LogP contribution in [0.2, 0.25) is 0 Å². The Bertz CT molecular complexity index is 1680. The van der Waals surface area contributed by atoms with Gasteiger partial charge in [-0.25, -0.2) is 15.0 Å². The van der Waals surface area contributed by atoms with Gasteiger partial charge in [0.05, 0.1) is 12.2 Å². The summed E-state index contributed by atoms with van der Waals surface area (Å²) in [6.07, 6.45) is 9.49. The van der Waals surface area contributed by atoms with E-state index in [9.17, 15) is 5.11 Å². The number of phenolic OH excluding ortho intramolecular Hbond substituents is 1. The van der Waals surface area contributed by atoms with Gasteiger partial charge >= 0.3 is 0 Å². The minimum atomic E-state index is 0.117. The van der Waals surface area contributed by atoms with Gasteiger partial charge < -0.3 is 9.84 Å². The number of rotatable bonds is 11. The number of ether oxygens (including phenoxy) is 1. The van der Waals surface area contributed by atoms with Crippen molar-refractivity contribution >= 4 is 33.3 Å². The number of hydrogen-bond acceptors (Lipinski definition) is 6. The zero-order valence-corrected chi connectivity index (χ0v) is 25.4. The minimum Gasteiger partial charge on any atom is -0.507 e. The summed E-state index contributed by atoms with van der Waals surface area (Å²) in [5, 5.41) is 17.0. The van der Waals surface area contributed by atoms with Gasteiger partial charge in [-0.15, -0.1) is 0 Å². The second kappa shape index (κ2) is 13.1. The van der Waals surface area contributed by atoms with Gasteiger partial charge in [-0.3, -0.25) is 0 Å². The third kappa shape index (κ3) is 6.24. The molecular formula is C36H39N3O2S. The average Bonchev–Trinajstić information content (AvgIpc) is 3.53. The summed E-state index contributed by atoms with van der Waals surface area (Å²) in [5.41, 5.74) is 1.56. The van der Waals surface area contributed by atoms with Gasteiger partial charge in [-0.1, -0.05) is 106 Å². The molecule has 1 fully saturated rings. The first kappa shape index (κ1) is 28.5. The molecule has 1 unspecified atom stereocenters. The van der Waals surface area contributed by atoms with Crippen LogP contribution < -0.4 is 4.74 Å². The van der Waals surface area contributed by atoms with Gasteiger partial charge in [0, 0.05) is 16.9 Å². The fourth-order valence-electron chi connectivity index (χ4n) is 5.95. The summed E-state index contributed by atoms with van der Waals surface area (Å²) in [5.74, 6) is 2.41. The van der Waals surface area contributed by atoms with Crippen molar-refractivity contribution in [3.05, 3.63) is 72.8 Å². The standard InChI is InChI=1S/C36H39N3O2S/c1-3-5-12-24(4-2)23-41-26-19-20-31(33(40)22-26)34-37-35(39-36(38-34)42-27-14-7-8-15-27)32-21-25-13-6-9-16-28(25)29-17-10-11-18-30(29)32/h6,9-11,13,16-22,24,27,40H,3-5,7-8,12,14-15,23H2,1-2H3. The van der Waals surface area contributed by atoms with E-state index in [0.717, 1.165) is 29.2 Å². The molecule has 5 aromatic rings. The molecule has 5 nitrogen and oxygen atoms in total. The van der Waals surface area contributed by atoms with Crippen LogP contribution >= 0.6 is 11.8 Å². The Labute approximate surface area is 252 Å². The highest BCUT2D eigenvalue weighted by atomic mass is 32.2. The molecule has 4 aromatic carbocycles. The maximum atomic E-state index is 11.2. The van der Waals surface area contributed by atoms with Crippen LogP contribution in [-0.2, 0) is 0 Å². The number of nitrogens with zero attached hydrogens (tertiary/aromatic N) is 3. The third-order valence-corrected chi connectivity index (χ3v) is 9.64. The predicted molar refractivity (Wildman–Crippen MR) is 174 cm³/mol. The number of thioether (sulfide) groups is 1. The molecule has 42 heavy (non-hydrogen) atoms. The number of aromatic hydroxyl groups is 1. The maximum Gasteiger partial charge on any atom is 0.191 e. The summed E-state index contributed by atoms with van der Waals surface area (Å²) < 4.78 is 6.11. The van der Waals surface area contributed by atoms with Crippen molar-refractivity contribution in [2.75, 3.05) is 6.61 Å². The molecule has 0 spiro atoms. The number of hydrogen-bond donors (Lipinski definition) is 1. The number of phenols is 1. The fourth-order valence-corrected chi connectivity index (χ4v) is 7.09. The van der Waals surface area contributed by atoms with Crippen LogP contribution in [0.3, 0.4) is 0 Å². The SMILES string of the molecule is CCCCC(CC)COc1ccc(-c2nc(SC3CCCC3)nc(-c3cc4ccccc4c4ccccc34)n2)c(O)c1. The Morgan fingerprint density at radius 2 is 1.55 bits per heavy atom. The fraction of sp³-hybridized carbons (Fsp3) is 0.361. The van der Waals surface area contributed by atoms with E-state index in [-0.39, 0.29) is 5.75 Å². The van der Waals surface area contributed by atoms with Gasteiger partial charge in [-0.2, -0.15) is 0 Å². The largest absolute Gasteiger partial charge is 0.507 e. The molecule has 1 heterocycles. The molecule has 0 aliphatic heterocycles. The molecule has 1 N–H and O–H groups in total. The first-order chi connectivity index (χ1) is 20.6. The molecule has 6 rings (SSSR count). The van der Waals surface area contributed by atoms with Gasteiger partial charge in [0.2, 0.25) is 0 Å². The topological polar surface area (TPSA) is 68.1 Å². The Kier molecular flexibility index (Phi) is 8.90. The molecule has 1 atom stereocenters. The van der Waals surface area contributed by atoms with Crippen molar-refractivity contribution in [1.29, 1.82) is 0 Å². The lowest BCUT2D eigenvalue weighted by Gasteiger charge is -2.16. The van der Waals surface area contributed by atoms with Crippen LogP contribution in [0, 0.1) is 5.92 Å². The van der Waals surface area contributed by atoms with Crippen LogP contribution in [0.15, 0.2) is 78.0 Å². The lowest BCUT2D eigenvalue weighted by molar-refractivity contribution is 0.232. The second-order valence-electron chi connectivity index (χ2n) is 11.4. The Balaban J connectivity index is 1.40. The summed E-state index contributed by atoms with van der Waals surface area (Å²) in [4.78, 5) is 14.9. The van der Waals surface area contributed by atoms with Gasteiger partial charge in [0.1, 0.15) is 11.5 Å². The highest BCUT2D eigenvalue weighted by Gasteiger charge is 2.21. The molecule has 0 saturated heterocycles. The van der Waals surface area contributed by atoms with Crippen molar-refractivity contribution in [3.8, 4) is 34.3 Å². The molecule has 0 amide bonds. The zero-order valence-electron chi connectivity index (χ0n) is 24.6. The quantitative estimate of drug-likeness (QED) is 0.158. The summed E-state index contributed by atoms with van der Waals surface area (Å²) in [6, 6.07) is 24.5. The van der Waals surface area contributed by atoms with E-state index in [1.54, 1.807) is 17.8 Å². The molecule has 6 heteroatoms. The highest BCUT2D eigenvalue weighted by Crippen LogP contribution is 2.39. The highest BCUT2D eigenvalue weighted by molar-refractivity contribution is 7.99. The van der Waals surface area contributed by atoms with Gasteiger partial charge in [-0.05, 0) is 64.9 Å². The van der Waals surface area contributed by atoms with E-state index in [0.29, 0.717) is 45.9 Å². The van der Waals surface area contributed by atoms with Crippen molar-refractivity contribution < 1.29 is 9.84 Å². The van der Waals surface area contributed by atoms with E-state index in [1.807, 2.05) is 12.1 Å². The third-order valence-electron chi connectivity index (χ3n) is 8.44. The first-order valence-corrected chi connectivity index (χ1v) is 16.3. The van der Waals surface area contributed by atoms with Crippen LogP contribution in [-0.4, -0.2) is 31.9 Å². The Morgan fingerprint density at radius 3 is 2.29 bits per heavy atom. The zero-order chi connectivity index (χ0) is 28.9. The smallest absolute Gasteiger partial charge is 0.191 e. The van der Waals surface area contributed by atoms with E-state index in [4.69, 9.17) is 19.7 Å². The lowest BCUT2D eigenvalue weighted by Crippen LogP contribution is -2.11. The van der Waals surface area contributed by atoms with Crippen LogP contribution in [0.4, 0.5) is 0 Å². The Hall–Kier alpha value is -3.64. The van der Waals surface area contributed by atoms with E-state index in [1.165, 1.54) is 49.3 Å². The van der Waals surface area contributed by atoms with E-state index in [2.05, 4.69) is 68.4 Å². The van der Waals surface area contributed by atoms with Gasteiger partial charge in [0.25, 0.3) is 0 Å². The predicted octanol–water partition coefficient (Wildman–Crippen LogP) is 9.85. The summed E-state index contributed by atoms with van der Waals surface area (Å²) in [6.45, 7) is 5.09.